The van der Waals surface area contributed by atoms with Crippen LogP contribution in [0.25, 0.3) is 0 Å². The standard InChI is InChI=1S/C16H19N3O4S/c20-15(9-12-3-5-13(6-4-12)19(22)23)18-11-24-10-14(18)16(21)17-7-1-2-8-17/h3-6,14H,1-2,7-11H2. The van der Waals surface area contributed by atoms with Gasteiger partial charge in [-0.15, -0.1) is 11.8 Å². The number of nitro benzene ring substituents is 1. The number of carbonyl (C=O) groups is 2. The molecule has 1 aromatic carbocycles. The highest BCUT2D eigenvalue weighted by atomic mass is 32.2. The van der Waals surface area contributed by atoms with Gasteiger partial charge in [0.25, 0.3) is 5.69 Å². The van der Waals surface area contributed by atoms with Crippen molar-refractivity contribution in [3.8, 4) is 0 Å². The first-order chi connectivity index (χ1) is 11.6. The molecular weight excluding hydrogens is 330 g/mol. The van der Waals surface area contributed by atoms with E-state index in [1.807, 2.05) is 4.90 Å². The molecule has 1 atom stereocenters. The van der Waals surface area contributed by atoms with E-state index >= 15 is 0 Å². The maximum atomic E-state index is 12.6. The summed E-state index contributed by atoms with van der Waals surface area (Å²) in [5, 5.41) is 10.7. The zero-order chi connectivity index (χ0) is 17.1. The third-order valence-electron chi connectivity index (χ3n) is 4.41. The normalized spacial score (nSPS) is 20.4. The van der Waals surface area contributed by atoms with Crippen LogP contribution in [0.5, 0.6) is 0 Å². The molecule has 0 aliphatic carbocycles. The Morgan fingerprint density at radius 3 is 2.50 bits per heavy atom. The summed E-state index contributed by atoms with van der Waals surface area (Å²) >= 11 is 1.59. The first-order valence-corrected chi connectivity index (χ1v) is 9.11. The fraction of sp³-hybridized carbons (Fsp3) is 0.500. The Kier molecular flexibility index (Phi) is 5.03. The van der Waals surface area contributed by atoms with Crippen LogP contribution in [-0.4, -0.2) is 57.3 Å². The zero-order valence-electron chi connectivity index (χ0n) is 13.2. The number of rotatable bonds is 4. The van der Waals surface area contributed by atoms with Crippen molar-refractivity contribution in [3.05, 3.63) is 39.9 Å². The highest BCUT2D eigenvalue weighted by molar-refractivity contribution is 7.99. The van der Waals surface area contributed by atoms with Gasteiger partial charge in [0.2, 0.25) is 11.8 Å². The van der Waals surface area contributed by atoms with Crippen LogP contribution in [0.4, 0.5) is 5.69 Å². The Balaban J connectivity index is 1.64. The Hall–Kier alpha value is -2.09. The van der Waals surface area contributed by atoms with E-state index in [9.17, 15) is 19.7 Å². The minimum atomic E-state index is -0.465. The zero-order valence-corrected chi connectivity index (χ0v) is 14.0. The molecule has 24 heavy (non-hydrogen) atoms. The van der Waals surface area contributed by atoms with Crippen molar-refractivity contribution in [2.24, 2.45) is 0 Å². The number of hydrogen-bond donors (Lipinski definition) is 0. The number of likely N-dealkylation sites (tertiary alicyclic amines) is 1. The SMILES string of the molecule is O=C(C1CSCN1C(=O)Cc1ccc([N+](=O)[O-])cc1)N1CCCC1. The van der Waals surface area contributed by atoms with Gasteiger partial charge in [0, 0.05) is 31.0 Å². The number of non-ortho nitro benzene ring substituents is 1. The molecule has 7 nitrogen and oxygen atoms in total. The minimum absolute atomic E-state index is 0.00464. The lowest BCUT2D eigenvalue weighted by Gasteiger charge is -2.27. The number of thioether (sulfide) groups is 1. The van der Waals surface area contributed by atoms with Gasteiger partial charge in [-0.1, -0.05) is 12.1 Å². The lowest BCUT2D eigenvalue weighted by atomic mass is 10.1. The minimum Gasteiger partial charge on any atom is -0.341 e. The number of nitrogens with zero attached hydrogens (tertiary/aromatic N) is 3. The second kappa shape index (κ2) is 7.21. The number of hydrogen-bond acceptors (Lipinski definition) is 5. The summed E-state index contributed by atoms with van der Waals surface area (Å²) in [6, 6.07) is 5.61. The van der Waals surface area contributed by atoms with Crippen molar-refractivity contribution in [3.63, 3.8) is 0 Å². The smallest absolute Gasteiger partial charge is 0.269 e. The van der Waals surface area contributed by atoms with E-state index in [0.717, 1.165) is 31.5 Å². The molecule has 0 spiro atoms. The molecule has 2 fully saturated rings. The molecule has 2 amide bonds. The summed E-state index contributed by atoms with van der Waals surface area (Å²) in [6.45, 7) is 1.56. The Bertz CT molecular complexity index is 643. The van der Waals surface area contributed by atoms with E-state index < -0.39 is 4.92 Å². The molecule has 2 aliphatic rings. The van der Waals surface area contributed by atoms with Crippen molar-refractivity contribution >= 4 is 29.3 Å². The van der Waals surface area contributed by atoms with E-state index in [-0.39, 0.29) is 30.0 Å². The van der Waals surface area contributed by atoms with Gasteiger partial charge in [-0.3, -0.25) is 19.7 Å². The van der Waals surface area contributed by atoms with E-state index in [4.69, 9.17) is 0 Å². The fourth-order valence-electron chi connectivity index (χ4n) is 3.05. The molecule has 2 aliphatic heterocycles. The number of benzene rings is 1. The summed E-state index contributed by atoms with van der Waals surface area (Å²) in [7, 11) is 0. The van der Waals surface area contributed by atoms with Crippen molar-refractivity contribution in [2.45, 2.75) is 25.3 Å². The molecule has 0 N–H and O–H groups in total. The highest BCUT2D eigenvalue weighted by Gasteiger charge is 2.37. The van der Waals surface area contributed by atoms with Crippen LogP contribution >= 0.6 is 11.8 Å². The summed E-state index contributed by atoms with van der Waals surface area (Å²) in [5.74, 6) is 1.11. The van der Waals surface area contributed by atoms with E-state index in [1.54, 1.807) is 28.8 Å². The average Bonchev–Trinajstić information content (AvgIpc) is 3.26. The third-order valence-corrected chi connectivity index (χ3v) is 5.42. The van der Waals surface area contributed by atoms with Crippen LogP contribution in [0.2, 0.25) is 0 Å². The molecule has 8 heteroatoms. The average molecular weight is 349 g/mol. The van der Waals surface area contributed by atoms with E-state index in [1.165, 1.54) is 12.1 Å². The molecular formula is C16H19N3O4S. The van der Waals surface area contributed by atoms with Gasteiger partial charge in [0.05, 0.1) is 17.2 Å². The predicted molar refractivity (Wildman–Crippen MR) is 90.6 cm³/mol. The Morgan fingerprint density at radius 2 is 1.88 bits per heavy atom. The summed E-state index contributed by atoms with van der Waals surface area (Å²) in [6.07, 6.45) is 2.22. The summed E-state index contributed by atoms with van der Waals surface area (Å²) in [5.41, 5.74) is 0.722. The first-order valence-electron chi connectivity index (χ1n) is 7.95. The molecule has 0 aromatic heterocycles. The fourth-order valence-corrected chi connectivity index (χ4v) is 4.22. The maximum absolute atomic E-state index is 12.6. The second-order valence-corrected chi connectivity index (χ2v) is 7.01. The lowest BCUT2D eigenvalue weighted by molar-refractivity contribution is -0.384. The van der Waals surface area contributed by atoms with Gasteiger partial charge in [-0.05, 0) is 18.4 Å². The van der Waals surface area contributed by atoms with Crippen LogP contribution in [0.1, 0.15) is 18.4 Å². The number of carbonyl (C=O) groups excluding carboxylic acids is 2. The molecule has 0 bridgehead atoms. The van der Waals surface area contributed by atoms with Gasteiger partial charge in [0.15, 0.2) is 0 Å². The number of nitro groups is 1. The molecule has 128 valence electrons. The van der Waals surface area contributed by atoms with E-state index in [0.29, 0.717) is 11.6 Å². The first kappa shape index (κ1) is 16.8. The summed E-state index contributed by atoms with van der Waals surface area (Å²) in [4.78, 5) is 38.9. The number of amides is 2. The maximum Gasteiger partial charge on any atom is 0.269 e. The van der Waals surface area contributed by atoms with Gasteiger partial charge in [-0.25, -0.2) is 0 Å². The predicted octanol–water partition coefficient (Wildman–Crippen LogP) is 1.66. The highest BCUT2D eigenvalue weighted by Crippen LogP contribution is 2.25. The molecule has 0 radical (unpaired) electrons. The van der Waals surface area contributed by atoms with Crippen LogP contribution in [0.15, 0.2) is 24.3 Å². The molecule has 1 aromatic rings. The topological polar surface area (TPSA) is 83.8 Å². The van der Waals surface area contributed by atoms with Crippen molar-refractivity contribution in [1.29, 1.82) is 0 Å². The quantitative estimate of drug-likeness (QED) is 0.610. The van der Waals surface area contributed by atoms with Gasteiger partial charge < -0.3 is 9.80 Å². The van der Waals surface area contributed by atoms with Gasteiger partial charge >= 0.3 is 0 Å². The summed E-state index contributed by atoms with van der Waals surface area (Å²) < 4.78 is 0. The molecule has 0 saturated carbocycles. The van der Waals surface area contributed by atoms with Gasteiger partial charge in [-0.2, -0.15) is 0 Å². The molecule has 3 rings (SSSR count). The Labute approximate surface area is 144 Å². The molecule has 1 unspecified atom stereocenters. The monoisotopic (exact) mass is 349 g/mol. The third kappa shape index (κ3) is 3.53. The van der Waals surface area contributed by atoms with Crippen molar-refractivity contribution < 1.29 is 14.5 Å². The van der Waals surface area contributed by atoms with Crippen molar-refractivity contribution in [2.75, 3.05) is 24.7 Å². The van der Waals surface area contributed by atoms with Crippen LogP contribution in [0, 0.1) is 10.1 Å². The molecule has 2 saturated heterocycles. The van der Waals surface area contributed by atoms with Crippen molar-refractivity contribution in [1.82, 2.24) is 9.80 Å². The Morgan fingerprint density at radius 1 is 1.21 bits per heavy atom. The second-order valence-electron chi connectivity index (χ2n) is 6.01. The lowest BCUT2D eigenvalue weighted by Crippen LogP contribution is -2.48. The van der Waals surface area contributed by atoms with Crippen LogP contribution in [0.3, 0.4) is 0 Å². The molecule has 2 heterocycles. The van der Waals surface area contributed by atoms with E-state index in [2.05, 4.69) is 0 Å². The van der Waals surface area contributed by atoms with Crippen LogP contribution in [-0.2, 0) is 16.0 Å². The largest absolute Gasteiger partial charge is 0.341 e. The van der Waals surface area contributed by atoms with Gasteiger partial charge in [0.1, 0.15) is 6.04 Å². The van der Waals surface area contributed by atoms with Crippen LogP contribution < -0.4 is 0 Å².